The molecule has 2 aromatic carbocycles. The maximum absolute atomic E-state index is 14.9. The van der Waals surface area contributed by atoms with E-state index in [0.717, 1.165) is 12.1 Å². The van der Waals surface area contributed by atoms with Gasteiger partial charge in [0.05, 0.1) is 6.54 Å². The number of carbonyl (C=O) groups excluding carboxylic acids is 1. The van der Waals surface area contributed by atoms with Crippen molar-refractivity contribution in [2.45, 2.75) is 13.0 Å². The van der Waals surface area contributed by atoms with Gasteiger partial charge in [-0.25, -0.2) is 13.6 Å². The first-order chi connectivity index (χ1) is 15.8. The predicted octanol–water partition coefficient (Wildman–Crippen LogP) is 4.14. The van der Waals surface area contributed by atoms with E-state index in [1.807, 2.05) is 0 Å². The lowest BCUT2D eigenvalue weighted by atomic mass is 10.1. The van der Waals surface area contributed by atoms with Crippen LogP contribution in [0.5, 0.6) is 0 Å². The minimum absolute atomic E-state index is 0.0952. The topological polar surface area (TPSA) is 79.5 Å². The van der Waals surface area contributed by atoms with Gasteiger partial charge in [0.25, 0.3) is 5.89 Å². The van der Waals surface area contributed by atoms with Crippen LogP contribution >= 0.6 is 0 Å². The minimum atomic E-state index is -2.95. The van der Waals surface area contributed by atoms with Crippen molar-refractivity contribution in [2.75, 3.05) is 29.5 Å². The molecule has 4 rings (SSSR count). The van der Waals surface area contributed by atoms with Crippen LogP contribution in [0.4, 0.5) is 28.0 Å². The Morgan fingerprint density at radius 2 is 1.88 bits per heavy atom. The van der Waals surface area contributed by atoms with Gasteiger partial charge >= 0.3 is 12.5 Å². The molecule has 12 heteroatoms. The zero-order valence-electron chi connectivity index (χ0n) is 17.1. The Morgan fingerprint density at radius 1 is 1.12 bits per heavy atom. The van der Waals surface area contributed by atoms with Crippen LogP contribution in [0, 0.1) is 11.6 Å². The van der Waals surface area contributed by atoms with E-state index in [0.29, 0.717) is 11.5 Å². The lowest BCUT2D eigenvalue weighted by Crippen LogP contribution is -2.48. The van der Waals surface area contributed by atoms with Crippen LogP contribution < -0.4 is 4.90 Å². The van der Waals surface area contributed by atoms with Crippen LogP contribution in [0.15, 0.2) is 46.9 Å². The number of nitrogens with zero attached hydrogens (tertiary/aromatic N) is 4. The zero-order valence-corrected chi connectivity index (χ0v) is 17.9. The van der Waals surface area contributed by atoms with Crippen molar-refractivity contribution in [1.82, 2.24) is 15.1 Å². The summed E-state index contributed by atoms with van der Waals surface area (Å²) in [6.07, 6.45) is -2.95. The Hall–Kier alpha value is -3.28. The fourth-order valence-electron chi connectivity index (χ4n) is 3.33. The number of benzene rings is 2. The Morgan fingerprint density at radius 3 is 2.52 bits per heavy atom. The average molecular weight is 482 g/mol. The first-order valence-electron chi connectivity index (χ1n) is 9.89. The highest BCUT2D eigenvalue weighted by Gasteiger charge is 2.27. The van der Waals surface area contributed by atoms with Crippen LogP contribution in [-0.2, 0) is 17.3 Å². The van der Waals surface area contributed by atoms with Gasteiger partial charge in [-0.3, -0.25) is 9.11 Å². The van der Waals surface area contributed by atoms with Crippen LogP contribution in [0.3, 0.4) is 0 Å². The van der Waals surface area contributed by atoms with E-state index in [2.05, 4.69) is 10.2 Å². The van der Waals surface area contributed by atoms with Crippen molar-refractivity contribution in [3.63, 3.8) is 0 Å². The highest BCUT2D eigenvalue weighted by atomic mass is 32.2. The summed E-state index contributed by atoms with van der Waals surface area (Å²) in [5.41, 5.74) is 0.428. The molecule has 2 heterocycles. The first kappa shape index (κ1) is 22.9. The maximum atomic E-state index is 14.9. The van der Waals surface area contributed by atoms with E-state index >= 15 is 0 Å². The van der Waals surface area contributed by atoms with E-state index < -0.39 is 40.8 Å². The van der Waals surface area contributed by atoms with Crippen molar-refractivity contribution in [2.24, 2.45) is 0 Å². The molecule has 0 saturated carbocycles. The summed E-state index contributed by atoms with van der Waals surface area (Å²) in [7, 11) is -1.00. The smallest absolute Gasteiger partial charge is 0.324 e. The maximum Gasteiger partial charge on any atom is 0.324 e. The van der Waals surface area contributed by atoms with E-state index in [9.17, 15) is 26.6 Å². The van der Waals surface area contributed by atoms with Gasteiger partial charge in [-0.2, -0.15) is 8.78 Å². The SMILES string of the molecule is O=C(N1CCS(=O)CC1)N(Cc1ccc(-c2nnc(C(F)F)o2)cc1F)c1cccc(F)c1. The summed E-state index contributed by atoms with van der Waals surface area (Å²) < 4.78 is 70.6. The van der Waals surface area contributed by atoms with Crippen molar-refractivity contribution in [1.29, 1.82) is 0 Å². The lowest BCUT2D eigenvalue weighted by Gasteiger charge is -2.33. The van der Waals surface area contributed by atoms with Crippen LogP contribution in [-0.4, -0.2) is 49.9 Å². The van der Waals surface area contributed by atoms with Gasteiger partial charge in [-0.1, -0.05) is 12.1 Å². The van der Waals surface area contributed by atoms with Gasteiger partial charge in [0.1, 0.15) is 11.6 Å². The summed E-state index contributed by atoms with van der Waals surface area (Å²) in [4.78, 5) is 15.9. The lowest BCUT2D eigenvalue weighted by molar-refractivity contribution is 0.116. The third-order valence-electron chi connectivity index (χ3n) is 5.05. The normalized spacial score (nSPS) is 14.6. The standard InChI is InChI=1S/C21H18F4N4O3S/c22-15-2-1-3-16(11-15)29(21(30)28-6-8-33(31)9-7-28)12-14-5-4-13(10-17(14)23)19-26-27-20(32-19)18(24)25/h1-5,10-11,18H,6-9,12H2. The molecule has 1 saturated heterocycles. The molecular formula is C21H18F4N4O3S. The Labute approximate surface area is 188 Å². The molecule has 7 nitrogen and oxygen atoms in total. The molecule has 3 aromatic rings. The first-order valence-corrected chi connectivity index (χ1v) is 11.4. The highest BCUT2D eigenvalue weighted by Crippen LogP contribution is 2.27. The van der Waals surface area contributed by atoms with Crippen LogP contribution in [0.25, 0.3) is 11.5 Å². The summed E-state index contributed by atoms with van der Waals surface area (Å²) in [6, 6.07) is 8.68. The molecule has 1 aliphatic heterocycles. The van der Waals surface area contributed by atoms with Gasteiger partial charge < -0.3 is 9.32 Å². The number of carbonyl (C=O) groups is 1. The second kappa shape index (κ2) is 9.69. The Kier molecular flexibility index (Phi) is 6.72. The van der Waals surface area contributed by atoms with E-state index in [-0.39, 0.29) is 42.3 Å². The molecule has 174 valence electrons. The second-order valence-electron chi connectivity index (χ2n) is 7.24. The predicted molar refractivity (Wildman–Crippen MR) is 112 cm³/mol. The van der Waals surface area contributed by atoms with Crippen LogP contribution in [0.2, 0.25) is 0 Å². The van der Waals surface area contributed by atoms with Gasteiger partial charge in [-0.15, -0.1) is 10.2 Å². The molecule has 0 N–H and O–H groups in total. The summed E-state index contributed by atoms with van der Waals surface area (Å²) in [5.74, 6) is -1.78. The fraction of sp³-hybridized carbons (Fsp3) is 0.286. The molecule has 0 unspecified atom stereocenters. The molecule has 1 aromatic heterocycles. The number of aromatic nitrogens is 2. The number of rotatable bonds is 5. The van der Waals surface area contributed by atoms with Gasteiger partial charge in [0, 0.05) is 52.2 Å². The number of hydrogen-bond acceptors (Lipinski definition) is 5. The zero-order chi connectivity index (χ0) is 23.5. The van der Waals surface area contributed by atoms with Crippen LogP contribution in [0.1, 0.15) is 17.9 Å². The molecular weight excluding hydrogens is 464 g/mol. The molecule has 0 atom stereocenters. The number of urea groups is 1. The largest absolute Gasteiger partial charge is 0.415 e. The monoisotopic (exact) mass is 482 g/mol. The number of amides is 2. The third-order valence-corrected chi connectivity index (χ3v) is 6.33. The minimum Gasteiger partial charge on any atom is -0.415 e. The second-order valence-corrected chi connectivity index (χ2v) is 8.93. The van der Waals surface area contributed by atoms with Gasteiger partial charge in [0.2, 0.25) is 5.89 Å². The van der Waals surface area contributed by atoms with Crippen molar-refractivity contribution in [3.8, 4) is 11.5 Å². The third kappa shape index (κ3) is 5.21. The number of hydrogen-bond donors (Lipinski definition) is 0. The summed E-state index contributed by atoms with van der Waals surface area (Å²) in [6.45, 7) is 0.310. The molecule has 33 heavy (non-hydrogen) atoms. The Balaban J connectivity index is 1.61. The van der Waals surface area contributed by atoms with E-state index in [1.54, 1.807) is 0 Å². The fourth-order valence-corrected chi connectivity index (χ4v) is 4.38. The average Bonchev–Trinajstić information content (AvgIpc) is 3.29. The number of halogens is 4. The molecule has 0 radical (unpaired) electrons. The molecule has 0 aliphatic carbocycles. The van der Waals surface area contributed by atoms with Gasteiger partial charge in [0.15, 0.2) is 0 Å². The van der Waals surface area contributed by atoms with E-state index in [4.69, 9.17) is 4.42 Å². The molecule has 1 aliphatic rings. The highest BCUT2D eigenvalue weighted by molar-refractivity contribution is 7.85. The summed E-state index contributed by atoms with van der Waals surface area (Å²) >= 11 is 0. The number of anilines is 1. The quantitative estimate of drug-likeness (QED) is 0.511. The van der Waals surface area contributed by atoms with Gasteiger partial charge in [-0.05, 0) is 30.3 Å². The molecule has 0 bridgehead atoms. The van der Waals surface area contributed by atoms with E-state index in [1.165, 1.54) is 40.1 Å². The molecule has 2 amide bonds. The van der Waals surface area contributed by atoms with Crippen molar-refractivity contribution in [3.05, 3.63) is 65.6 Å². The Bertz CT molecular complexity index is 1180. The summed E-state index contributed by atoms with van der Waals surface area (Å²) in [5, 5.41) is 6.71. The van der Waals surface area contributed by atoms with Crippen molar-refractivity contribution >= 4 is 22.5 Å². The molecule has 1 fully saturated rings. The van der Waals surface area contributed by atoms with Crippen molar-refractivity contribution < 1.29 is 31.0 Å². The number of alkyl halides is 2. The molecule has 0 spiro atoms.